The van der Waals surface area contributed by atoms with Gasteiger partial charge in [-0.2, -0.15) is 0 Å². The molecule has 2 aromatic heterocycles. The fourth-order valence-electron chi connectivity index (χ4n) is 4.54. The van der Waals surface area contributed by atoms with Crippen LogP contribution >= 0.6 is 11.8 Å². The van der Waals surface area contributed by atoms with Gasteiger partial charge in [-0.05, 0) is 57.0 Å². The molecule has 0 N–H and O–H groups in total. The number of carbonyl (C=O) groups is 1. The number of benzene rings is 2. The third kappa shape index (κ3) is 3.89. The summed E-state index contributed by atoms with van der Waals surface area (Å²) in [4.78, 5) is 13.3. The van der Waals surface area contributed by atoms with Crippen molar-refractivity contribution < 1.29 is 18.7 Å². The van der Waals surface area contributed by atoms with Gasteiger partial charge in [-0.25, -0.2) is 4.39 Å². The number of ether oxygens (including phenoxy) is 2. The highest BCUT2D eigenvalue weighted by Gasteiger charge is 2.31. The number of Topliss-reactive ketones (excluding diaryl/α,β-unsaturated/α-hetero) is 1. The molecule has 3 heterocycles. The van der Waals surface area contributed by atoms with Crippen LogP contribution in [0.3, 0.4) is 0 Å². The van der Waals surface area contributed by atoms with Crippen LogP contribution in [0.1, 0.15) is 40.6 Å². The van der Waals surface area contributed by atoms with E-state index >= 15 is 0 Å². The SMILES string of the molecule is Cc1cc(C(=O)CSc2nnc(-c3ccccc3F)n2C2CC2)c(C)n1-c1ccc2c(c1)OCO2. The number of aryl methyl sites for hydroxylation is 1. The van der Waals surface area contributed by atoms with Crippen molar-refractivity contribution in [3.63, 3.8) is 0 Å². The Balaban J connectivity index is 1.25. The molecule has 0 bridgehead atoms. The monoisotopic (exact) mass is 490 g/mol. The van der Waals surface area contributed by atoms with E-state index in [-0.39, 0.29) is 30.2 Å². The summed E-state index contributed by atoms with van der Waals surface area (Å²) in [5.41, 5.74) is 3.83. The molecule has 1 saturated carbocycles. The molecule has 6 rings (SSSR count). The highest BCUT2D eigenvalue weighted by molar-refractivity contribution is 7.99. The summed E-state index contributed by atoms with van der Waals surface area (Å²) < 4.78 is 29.4. The predicted octanol–water partition coefficient (Wildman–Crippen LogP) is 5.53. The van der Waals surface area contributed by atoms with Gasteiger partial charge in [-0.15, -0.1) is 10.2 Å². The van der Waals surface area contributed by atoms with Crippen molar-refractivity contribution in [1.29, 1.82) is 0 Å². The molecule has 35 heavy (non-hydrogen) atoms. The first-order valence-electron chi connectivity index (χ1n) is 11.5. The molecular formula is C26H23FN4O3S. The Bertz CT molecular complexity index is 1460. The van der Waals surface area contributed by atoms with Crippen molar-refractivity contribution in [2.75, 3.05) is 12.5 Å². The van der Waals surface area contributed by atoms with Gasteiger partial charge in [0.2, 0.25) is 6.79 Å². The first-order valence-corrected chi connectivity index (χ1v) is 12.4. The number of nitrogens with zero attached hydrogens (tertiary/aromatic N) is 4. The van der Waals surface area contributed by atoms with Crippen LogP contribution in [0.4, 0.5) is 4.39 Å². The summed E-state index contributed by atoms with van der Waals surface area (Å²) in [5, 5.41) is 9.23. The Morgan fingerprint density at radius 3 is 2.69 bits per heavy atom. The Hall–Kier alpha value is -3.59. The normalized spacial score (nSPS) is 14.5. The molecule has 0 radical (unpaired) electrons. The number of thioether (sulfide) groups is 1. The minimum Gasteiger partial charge on any atom is -0.454 e. The van der Waals surface area contributed by atoms with Crippen molar-refractivity contribution in [3.8, 4) is 28.6 Å². The number of ketones is 1. The third-order valence-corrected chi connectivity index (χ3v) is 7.31. The summed E-state index contributed by atoms with van der Waals surface area (Å²) in [5.74, 6) is 1.83. The molecule has 9 heteroatoms. The quantitative estimate of drug-likeness (QED) is 0.251. The van der Waals surface area contributed by atoms with Crippen molar-refractivity contribution in [3.05, 3.63) is 71.3 Å². The second-order valence-corrected chi connectivity index (χ2v) is 9.70. The summed E-state index contributed by atoms with van der Waals surface area (Å²) in [6.07, 6.45) is 2.00. The van der Waals surface area contributed by atoms with Crippen molar-refractivity contribution >= 4 is 17.5 Å². The van der Waals surface area contributed by atoms with E-state index in [1.54, 1.807) is 18.2 Å². The van der Waals surface area contributed by atoms with Gasteiger partial charge in [0.1, 0.15) is 5.82 Å². The predicted molar refractivity (Wildman–Crippen MR) is 130 cm³/mol. The standard InChI is InChI=1S/C26H23FN4O3S/c1-15-11-20(16(2)30(15)18-9-10-23-24(12-18)34-14-33-23)22(32)13-35-26-29-28-25(31(26)17-7-8-17)19-5-3-4-6-21(19)27/h3-6,9-12,17H,7-8,13-14H2,1-2H3. The van der Waals surface area contributed by atoms with Gasteiger partial charge in [0, 0.05) is 34.7 Å². The lowest BCUT2D eigenvalue weighted by Gasteiger charge is -2.11. The summed E-state index contributed by atoms with van der Waals surface area (Å²) in [7, 11) is 0. The van der Waals surface area contributed by atoms with Crippen molar-refractivity contribution in [2.24, 2.45) is 0 Å². The fraction of sp³-hybridized carbons (Fsp3) is 0.269. The maximum atomic E-state index is 14.4. The van der Waals surface area contributed by atoms with E-state index in [1.807, 2.05) is 47.2 Å². The average Bonchev–Trinajstić information content (AvgIpc) is 3.30. The van der Waals surface area contributed by atoms with Crippen LogP contribution in [0.2, 0.25) is 0 Å². The minimum atomic E-state index is -0.328. The van der Waals surface area contributed by atoms with Gasteiger partial charge in [0.15, 0.2) is 28.3 Å². The van der Waals surface area contributed by atoms with Crippen molar-refractivity contribution in [1.82, 2.24) is 19.3 Å². The molecule has 0 amide bonds. The number of carbonyl (C=O) groups excluding carboxylic acids is 1. The lowest BCUT2D eigenvalue weighted by atomic mass is 10.2. The van der Waals surface area contributed by atoms with Gasteiger partial charge >= 0.3 is 0 Å². The molecule has 4 aromatic rings. The lowest BCUT2D eigenvalue weighted by molar-refractivity contribution is 0.102. The van der Waals surface area contributed by atoms with E-state index in [0.29, 0.717) is 27.9 Å². The smallest absolute Gasteiger partial charge is 0.231 e. The molecule has 0 unspecified atom stereocenters. The number of halogens is 1. The maximum absolute atomic E-state index is 14.4. The number of rotatable bonds is 7. The fourth-order valence-corrected chi connectivity index (χ4v) is 5.43. The number of hydrogen-bond donors (Lipinski definition) is 0. The highest BCUT2D eigenvalue weighted by Crippen LogP contribution is 2.41. The second-order valence-electron chi connectivity index (χ2n) is 8.76. The Morgan fingerprint density at radius 2 is 1.89 bits per heavy atom. The average molecular weight is 491 g/mol. The van der Waals surface area contributed by atoms with Gasteiger partial charge in [0.05, 0.1) is 11.3 Å². The Kier molecular flexibility index (Phi) is 5.36. The van der Waals surface area contributed by atoms with Crippen molar-refractivity contribution in [2.45, 2.75) is 37.9 Å². The maximum Gasteiger partial charge on any atom is 0.231 e. The first-order chi connectivity index (χ1) is 17.0. The molecular weight excluding hydrogens is 467 g/mol. The van der Waals surface area contributed by atoms with Crippen LogP contribution < -0.4 is 9.47 Å². The Labute approximate surface area is 205 Å². The summed E-state index contributed by atoms with van der Waals surface area (Å²) in [6.45, 7) is 4.14. The summed E-state index contributed by atoms with van der Waals surface area (Å²) in [6, 6.07) is 14.5. The van der Waals surface area contributed by atoms with Gasteiger partial charge in [0.25, 0.3) is 0 Å². The van der Waals surface area contributed by atoms with Crippen LogP contribution in [0.25, 0.3) is 17.1 Å². The molecule has 0 spiro atoms. The molecule has 2 aliphatic rings. The Morgan fingerprint density at radius 1 is 1.09 bits per heavy atom. The van der Waals surface area contributed by atoms with Gasteiger partial charge in [-0.3, -0.25) is 9.36 Å². The zero-order valence-corrected chi connectivity index (χ0v) is 20.1. The number of aromatic nitrogens is 4. The van der Waals surface area contributed by atoms with E-state index in [4.69, 9.17) is 9.47 Å². The largest absolute Gasteiger partial charge is 0.454 e. The highest BCUT2D eigenvalue weighted by atomic mass is 32.2. The zero-order chi connectivity index (χ0) is 24.1. The van der Waals surface area contributed by atoms with E-state index in [2.05, 4.69) is 10.2 Å². The van der Waals surface area contributed by atoms with E-state index in [1.165, 1.54) is 17.8 Å². The third-order valence-electron chi connectivity index (χ3n) is 6.37. The number of hydrogen-bond acceptors (Lipinski definition) is 6. The molecule has 1 aliphatic carbocycles. The molecule has 0 saturated heterocycles. The topological polar surface area (TPSA) is 71.2 Å². The van der Waals surface area contributed by atoms with Crippen LogP contribution in [0.5, 0.6) is 11.5 Å². The summed E-state index contributed by atoms with van der Waals surface area (Å²) >= 11 is 1.35. The van der Waals surface area contributed by atoms with Crippen LogP contribution in [-0.4, -0.2) is 37.7 Å². The van der Waals surface area contributed by atoms with E-state index in [0.717, 1.165) is 35.7 Å². The van der Waals surface area contributed by atoms with E-state index in [9.17, 15) is 9.18 Å². The van der Waals surface area contributed by atoms with E-state index < -0.39 is 0 Å². The van der Waals surface area contributed by atoms with Crippen LogP contribution in [-0.2, 0) is 0 Å². The number of fused-ring (bicyclic) bond motifs is 1. The van der Waals surface area contributed by atoms with Gasteiger partial charge in [-0.1, -0.05) is 23.9 Å². The minimum absolute atomic E-state index is 0.00730. The lowest BCUT2D eigenvalue weighted by Crippen LogP contribution is -2.07. The first kappa shape index (κ1) is 21.9. The molecule has 0 atom stereocenters. The van der Waals surface area contributed by atoms with Crippen LogP contribution in [0, 0.1) is 19.7 Å². The molecule has 178 valence electrons. The second kappa shape index (κ2) is 8.57. The molecule has 7 nitrogen and oxygen atoms in total. The zero-order valence-electron chi connectivity index (χ0n) is 19.3. The van der Waals surface area contributed by atoms with Crippen LogP contribution in [0.15, 0.2) is 53.7 Å². The molecule has 1 fully saturated rings. The molecule has 2 aromatic carbocycles. The molecule has 1 aliphatic heterocycles. The van der Waals surface area contributed by atoms with Gasteiger partial charge < -0.3 is 14.0 Å².